The zero-order valence-corrected chi connectivity index (χ0v) is 21.0. The predicted octanol–water partition coefficient (Wildman–Crippen LogP) is 5.75. The van der Waals surface area contributed by atoms with Gasteiger partial charge in [-0.3, -0.25) is 14.2 Å². The van der Waals surface area contributed by atoms with E-state index >= 15 is 0 Å². The van der Waals surface area contributed by atoms with Crippen molar-refractivity contribution in [3.63, 3.8) is 0 Å². The van der Waals surface area contributed by atoms with Crippen LogP contribution in [0.25, 0.3) is 10.9 Å². The van der Waals surface area contributed by atoms with Crippen LogP contribution in [0.3, 0.4) is 0 Å². The Labute approximate surface area is 214 Å². The van der Waals surface area contributed by atoms with Gasteiger partial charge in [0.1, 0.15) is 12.4 Å². The van der Waals surface area contributed by atoms with Crippen molar-refractivity contribution >= 4 is 40.1 Å². The second-order valence-corrected chi connectivity index (χ2v) is 9.42. The maximum atomic E-state index is 13.6. The molecule has 1 aliphatic rings. The number of anilines is 1. The first-order valence-corrected chi connectivity index (χ1v) is 12.4. The first-order valence-electron chi connectivity index (χ1n) is 12.0. The largest absolute Gasteiger partial charge is 0.491 e. The summed E-state index contributed by atoms with van der Waals surface area (Å²) in [7, 11) is 0. The molecule has 0 saturated carbocycles. The second-order valence-electron chi connectivity index (χ2n) is 9.02. The van der Waals surface area contributed by atoms with E-state index in [1.807, 2.05) is 24.3 Å². The summed E-state index contributed by atoms with van der Waals surface area (Å²) in [4.78, 5) is 27.4. The number of carbonyl (C=O) groups is 2. The van der Waals surface area contributed by atoms with Crippen molar-refractivity contribution in [2.75, 3.05) is 18.1 Å². The standard InChI is InChI=1S/C29H27ClN2O4/c1-3-31-20(14-19-8-4-6-10-26(19)31)17-36-21-12-13-23(25(30)15-21)29(35)32-18(2)24(16-28(33)34)22-9-5-7-11-27(22)32/h4-13,15,20H,3,14,16-17H2,1-2H3,(H,33,34)/t20-/m1/s1. The van der Waals surface area contributed by atoms with Gasteiger partial charge in [-0.05, 0) is 61.7 Å². The van der Waals surface area contributed by atoms with Gasteiger partial charge in [-0.1, -0.05) is 48.0 Å². The number of nitrogens with zero attached hydrogens (tertiary/aromatic N) is 2. The molecule has 0 bridgehead atoms. The molecule has 0 saturated heterocycles. The van der Waals surface area contributed by atoms with Crippen LogP contribution in [-0.2, 0) is 17.6 Å². The third-order valence-electron chi connectivity index (χ3n) is 6.92. The number of hydrogen-bond donors (Lipinski definition) is 1. The molecule has 36 heavy (non-hydrogen) atoms. The lowest BCUT2D eigenvalue weighted by Gasteiger charge is -2.26. The Hall–Kier alpha value is -3.77. The fourth-order valence-electron chi connectivity index (χ4n) is 5.24. The molecule has 1 aromatic heterocycles. The van der Waals surface area contributed by atoms with Crippen molar-refractivity contribution in [1.82, 2.24) is 4.57 Å². The fraction of sp³-hybridized carbons (Fsp3) is 0.241. The first kappa shape index (κ1) is 23.9. The molecule has 6 nitrogen and oxygen atoms in total. The van der Waals surface area contributed by atoms with E-state index in [9.17, 15) is 14.7 Å². The van der Waals surface area contributed by atoms with Gasteiger partial charge >= 0.3 is 5.97 Å². The highest BCUT2D eigenvalue weighted by molar-refractivity contribution is 6.34. The molecule has 0 radical (unpaired) electrons. The molecule has 0 aliphatic carbocycles. The molecule has 3 aromatic carbocycles. The quantitative estimate of drug-likeness (QED) is 0.348. The van der Waals surface area contributed by atoms with Gasteiger partial charge in [0.15, 0.2) is 0 Å². The van der Waals surface area contributed by atoms with E-state index in [1.54, 1.807) is 29.7 Å². The van der Waals surface area contributed by atoms with Crippen molar-refractivity contribution in [3.05, 3.63) is 94.1 Å². The average molecular weight is 503 g/mol. The van der Waals surface area contributed by atoms with Crippen molar-refractivity contribution in [1.29, 1.82) is 0 Å². The zero-order valence-electron chi connectivity index (χ0n) is 20.2. The van der Waals surface area contributed by atoms with Crippen molar-refractivity contribution in [2.45, 2.75) is 32.7 Å². The highest BCUT2D eigenvalue weighted by Gasteiger charge is 2.28. The molecule has 1 N–H and O–H groups in total. The number of halogens is 1. The van der Waals surface area contributed by atoms with Gasteiger partial charge in [-0.15, -0.1) is 0 Å². The second kappa shape index (κ2) is 9.70. The van der Waals surface area contributed by atoms with E-state index in [2.05, 4.69) is 36.1 Å². The maximum absolute atomic E-state index is 13.6. The Morgan fingerprint density at radius 1 is 1.08 bits per heavy atom. The smallest absolute Gasteiger partial charge is 0.307 e. The van der Waals surface area contributed by atoms with Crippen LogP contribution in [0, 0.1) is 6.92 Å². The summed E-state index contributed by atoms with van der Waals surface area (Å²) >= 11 is 6.57. The normalized spacial score (nSPS) is 14.8. The molecule has 0 fully saturated rings. The van der Waals surface area contributed by atoms with Gasteiger partial charge in [0.25, 0.3) is 5.91 Å². The Bertz CT molecular complexity index is 1480. The number of benzene rings is 3. The summed E-state index contributed by atoms with van der Waals surface area (Å²) in [5.74, 6) is -0.649. The Morgan fingerprint density at radius 3 is 2.58 bits per heavy atom. The van der Waals surface area contributed by atoms with E-state index in [0.29, 0.717) is 34.7 Å². The average Bonchev–Trinajstić information content (AvgIpc) is 3.36. The van der Waals surface area contributed by atoms with Gasteiger partial charge in [0.05, 0.1) is 28.6 Å². The highest BCUT2D eigenvalue weighted by Crippen LogP contribution is 2.33. The molecule has 1 aliphatic heterocycles. The van der Waals surface area contributed by atoms with Crippen LogP contribution in [0.15, 0.2) is 66.7 Å². The molecule has 0 amide bonds. The molecule has 0 unspecified atom stereocenters. The monoisotopic (exact) mass is 502 g/mol. The number of hydrogen-bond acceptors (Lipinski definition) is 4. The molecule has 1 atom stereocenters. The minimum Gasteiger partial charge on any atom is -0.491 e. The van der Waals surface area contributed by atoms with Crippen LogP contribution in [0.1, 0.15) is 34.1 Å². The summed E-state index contributed by atoms with van der Waals surface area (Å²) in [5, 5.41) is 10.4. The van der Waals surface area contributed by atoms with Gasteiger partial charge in [-0.2, -0.15) is 0 Å². The van der Waals surface area contributed by atoms with Crippen LogP contribution >= 0.6 is 11.6 Å². The fourth-order valence-corrected chi connectivity index (χ4v) is 5.50. The lowest BCUT2D eigenvalue weighted by molar-refractivity contribution is -0.136. The topological polar surface area (TPSA) is 71.8 Å². The lowest BCUT2D eigenvalue weighted by Crippen LogP contribution is -2.36. The SMILES string of the molecule is CCN1c2ccccc2C[C@@H]1COc1ccc(C(=O)n2c(C)c(CC(=O)O)c3ccccc32)c(Cl)c1. The maximum Gasteiger partial charge on any atom is 0.307 e. The molecular formula is C29H27ClN2O4. The van der Waals surface area contributed by atoms with Crippen LogP contribution in [0.4, 0.5) is 5.69 Å². The number of carboxylic acids is 1. The van der Waals surface area contributed by atoms with Crippen molar-refractivity contribution in [2.24, 2.45) is 0 Å². The number of likely N-dealkylation sites (N-methyl/N-ethyl adjacent to an activating group) is 1. The Balaban J connectivity index is 1.38. The number of aliphatic carboxylic acids is 1. The predicted molar refractivity (Wildman–Crippen MR) is 142 cm³/mol. The summed E-state index contributed by atoms with van der Waals surface area (Å²) in [6.07, 6.45) is 0.764. The van der Waals surface area contributed by atoms with E-state index in [1.165, 1.54) is 11.3 Å². The number of carbonyl (C=O) groups excluding carboxylic acids is 1. The van der Waals surface area contributed by atoms with Crippen LogP contribution in [-0.4, -0.2) is 40.7 Å². The molecule has 4 aromatic rings. The van der Waals surface area contributed by atoms with Crippen molar-refractivity contribution in [3.8, 4) is 5.75 Å². The molecule has 184 valence electrons. The summed E-state index contributed by atoms with van der Waals surface area (Å²) < 4.78 is 7.65. The lowest BCUT2D eigenvalue weighted by atomic mass is 10.1. The number of rotatable bonds is 7. The van der Waals surface area contributed by atoms with Gasteiger partial charge in [-0.25, -0.2) is 0 Å². The third-order valence-corrected chi connectivity index (χ3v) is 7.24. The minimum absolute atomic E-state index is 0.160. The summed E-state index contributed by atoms with van der Waals surface area (Å²) in [6.45, 7) is 5.31. The number of fused-ring (bicyclic) bond motifs is 2. The molecule has 0 spiro atoms. The number of aromatic nitrogens is 1. The summed E-state index contributed by atoms with van der Waals surface area (Å²) in [5.41, 5.74) is 4.79. The van der Waals surface area contributed by atoms with Crippen LogP contribution in [0.5, 0.6) is 5.75 Å². The third kappa shape index (κ3) is 4.22. The zero-order chi connectivity index (χ0) is 25.4. The summed E-state index contributed by atoms with van der Waals surface area (Å²) in [6, 6.07) is 21.1. The van der Waals surface area contributed by atoms with Gasteiger partial charge in [0, 0.05) is 23.3 Å². The van der Waals surface area contributed by atoms with E-state index in [4.69, 9.17) is 16.3 Å². The molecule has 2 heterocycles. The molecule has 5 rings (SSSR count). The number of ether oxygens (including phenoxy) is 1. The minimum atomic E-state index is -0.944. The molecular weight excluding hydrogens is 476 g/mol. The van der Waals surface area contributed by atoms with Gasteiger partial charge in [0.2, 0.25) is 0 Å². The van der Waals surface area contributed by atoms with E-state index in [0.717, 1.165) is 18.4 Å². The molecule has 7 heteroatoms. The van der Waals surface area contributed by atoms with E-state index < -0.39 is 5.97 Å². The number of para-hydroxylation sites is 2. The van der Waals surface area contributed by atoms with Gasteiger partial charge < -0.3 is 14.7 Å². The van der Waals surface area contributed by atoms with Crippen molar-refractivity contribution < 1.29 is 19.4 Å². The van der Waals surface area contributed by atoms with Crippen LogP contribution in [0.2, 0.25) is 5.02 Å². The number of carboxylic acid groups (broad SMARTS) is 1. The van der Waals surface area contributed by atoms with Crippen LogP contribution < -0.4 is 9.64 Å². The Morgan fingerprint density at radius 2 is 1.83 bits per heavy atom. The highest BCUT2D eigenvalue weighted by atomic mass is 35.5. The Kier molecular flexibility index (Phi) is 6.46. The first-order chi connectivity index (χ1) is 17.4. The van der Waals surface area contributed by atoms with E-state index in [-0.39, 0.29) is 23.4 Å².